The minimum Gasteiger partial charge on any atom is -0.444 e. The lowest BCUT2D eigenvalue weighted by Gasteiger charge is -2.52. The third kappa shape index (κ3) is 5.37. The summed E-state index contributed by atoms with van der Waals surface area (Å²) in [6.45, 7) is 8.59. The van der Waals surface area contributed by atoms with Gasteiger partial charge in [0.15, 0.2) is 0 Å². The first-order valence-corrected chi connectivity index (χ1v) is 11.6. The molecule has 176 valence electrons. The predicted octanol–water partition coefficient (Wildman–Crippen LogP) is 2.87. The monoisotopic (exact) mass is 450 g/mol. The SMILES string of the molecule is CC(C)(C)OC(=O)N1CCN(C2CN(C(c3ccccc3)c3ccccc3)C2)C(C(N)=O)C1. The number of primary amides is 1. The Morgan fingerprint density at radius 3 is 1.94 bits per heavy atom. The van der Waals surface area contributed by atoms with E-state index in [9.17, 15) is 9.59 Å². The second kappa shape index (κ2) is 9.53. The van der Waals surface area contributed by atoms with E-state index in [0.29, 0.717) is 13.1 Å². The highest BCUT2D eigenvalue weighted by atomic mass is 16.6. The molecule has 2 aliphatic heterocycles. The van der Waals surface area contributed by atoms with E-state index in [1.807, 2.05) is 32.9 Å². The van der Waals surface area contributed by atoms with Crippen molar-refractivity contribution in [2.24, 2.45) is 5.73 Å². The Morgan fingerprint density at radius 2 is 1.45 bits per heavy atom. The molecule has 2 saturated heterocycles. The number of carbonyl (C=O) groups is 2. The average molecular weight is 451 g/mol. The molecule has 2 heterocycles. The second-order valence-corrected chi connectivity index (χ2v) is 9.91. The average Bonchev–Trinajstić information content (AvgIpc) is 2.75. The molecule has 2 aliphatic rings. The summed E-state index contributed by atoms with van der Waals surface area (Å²) in [5.74, 6) is -0.399. The molecule has 7 nitrogen and oxygen atoms in total. The van der Waals surface area contributed by atoms with E-state index in [4.69, 9.17) is 10.5 Å². The summed E-state index contributed by atoms with van der Waals surface area (Å²) in [6, 6.07) is 20.9. The molecule has 2 N–H and O–H groups in total. The summed E-state index contributed by atoms with van der Waals surface area (Å²) in [7, 11) is 0. The van der Waals surface area contributed by atoms with E-state index in [-0.39, 0.29) is 18.6 Å². The molecular weight excluding hydrogens is 416 g/mol. The van der Waals surface area contributed by atoms with Crippen LogP contribution in [0.15, 0.2) is 60.7 Å². The van der Waals surface area contributed by atoms with Gasteiger partial charge >= 0.3 is 6.09 Å². The van der Waals surface area contributed by atoms with E-state index in [0.717, 1.165) is 13.1 Å². The summed E-state index contributed by atoms with van der Waals surface area (Å²) >= 11 is 0. The first-order chi connectivity index (χ1) is 15.7. The fourth-order valence-electron chi connectivity index (χ4n) is 4.77. The number of nitrogens with two attached hydrogens (primary N) is 1. The van der Waals surface area contributed by atoms with E-state index in [2.05, 4.69) is 58.3 Å². The maximum absolute atomic E-state index is 12.5. The number of likely N-dealkylation sites (tertiary alicyclic amines) is 1. The lowest BCUT2D eigenvalue weighted by atomic mass is 9.92. The van der Waals surface area contributed by atoms with Crippen molar-refractivity contribution < 1.29 is 14.3 Å². The molecule has 33 heavy (non-hydrogen) atoms. The number of amides is 2. The molecular formula is C26H34N4O3. The van der Waals surface area contributed by atoms with Crippen molar-refractivity contribution in [2.45, 2.75) is 44.5 Å². The van der Waals surface area contributed by atoms with Gasteiger partial charge in [-0.25, -0.2) is 4.79 Å². The first-order valence-electron chi connectivity index (χ1n) is 11.6. The molecule has 0 saturated carbocycles. The summed E-state index contributed by atoms with van der Waals surface area (Å²) < 4.78 is 5.50. The number of rotatable bonds is 5. The molecule has 2 amide bonds. The number of hydrogen-bond acceptors (Lipinski definition) is 5. The van der Waals surface area contributed by atoms with Gasteiger partial charge < -0.3 is 15.4 Å². The van der Waals surface area contributed by atoms with Crippen LogP contribution >= 0.6 is 0 Å². The van der Waals surface area contributed by atoms with Gasteiger partial charge in [0.1, 0.15) is 11.6 Å². The normalized spacial score (nSPS) is 20.5. The van der Waals surface area contributed by atoms with E-state index in [1.165, 1.54) is 11.1 Å². The van der Waals surface area contributed by atoms with Gasteiger partial charge in [0.05, 0.1) is 6.04 Å². The predicted molar refractivity (Wildman–Crippen MR) is 128 cm³/mol. The van der Waals surface area contributed by atoms with Crippen LogP contribution in [0, 0.1) is 0 Å². The number of piperazine rings is 1. The Labute approximate surface area is 196 Å². The maximum atomic E-state index is 12.5. The second-order valence-electron chi connectivity index (χ2n) is 9.91. The smallest absolute Gasteiger partial charge is 0.410 e. The zero-order valence-corrected chi connectivity index (χ0v) is 19.7. The van der Waals surface area contributed by atoms with Gasteiger partial charge in [-0.15, -0.1) is 0 Å². The molecule has 2 aromatic rings. The van der Waals surface area contributed by atoms with Crippen molar-refractivity contribution in [3.8, 4) is 0 Å². The van der Waals surface area contributed by atoms with E-state index >= 15 is 0 Å². The van der Waals surface area contributed by atoms with Gasteiger partial charge in [0, 0.05) is 38.8 Å². The molecule has 0 aromatic heterocycles. The first kappa shape index (κ1) is 23.3. The molecule has 1 atom stereocenters. The number of hydrogen-bond donors (Lipinski definition) is 1. The molecule has 0 radical (unpaired) electrons. The summed E-state index contributed by atoms with van der Waals surface area (Å²) in [5, 5.41) is 0. The molecule has 0 spiro atoms. The molecule has 0 aliphatic carbocycles. The molecule has 4 rings (SSSR count). The molecule has 2 aromatic carbocycles. The number of carbonyl (C=O) groups excluding carboxylic acids is 2. The van der Waals surface area contributed by atoms with Crippen LogP contribution in [-0.4, -0.2) is 77.1 Å². The number of ether oxygens (including phenoxy) is 1. The minimum absolute atomic E-state index is 0.165. The van der Waals surface area contributed by atoms with Crippen molar-refractivity contribution in [2.75, 3.05) is 32.7 Å². The van der Waals surface area contributed by atoms with Gasteiger partial charge in [-0.2, -0.15) is 0 Å². The molecule has 7 heteroatoms. The fraction of sp³-hybridized carbons (Fsp3) is 0.462. The highest BCUT2D eigenvalue weighted by molar-refractivity contribution is 5.81. The van der Waals surface area contributed by atoms with Crippen LogP contribution in [0.4, 0.5) is 4.79 Å². The standard InChI is InChI=1S/C26H34N4O3/c1-26(2,3)33-25(32)28-14-15-30(22(18-28)24(27)31)21-16-29(17-21)23(19-10-6-4-7-11-19)20-12-8-5-9-13-20/h4-13,21-23H,14-18H2,1-3H3,(H2,27,31). The van der Waals surface area contributed by atoms with Gasteiger partial charge in [-0.1, -0.05) is 60.7 Å². The van der Waals surface area contributed by atoms with Crippen LogP contribution in [0.25, 0.3) is 0 Å². The zero-order valence-electron chi connectivity index (χ0n) is 19.7. The van der Waals surface area contributed by atoms with Crippen molar-refractivity contribution in [3.05, 3.63) is 71.8 Å². The maximum Gasteiger partial charge on any atom is 0.410 e. The van der Waals surface area contributed by atoms with Crippen molar-refractivity contribution >= 4 is 12.0 Å². The summed E-state index contributed by atoms with van der Waals surface area (Å²) in [4.78, 5) is 31.0. The molecule has 2 fully saturated rings. The zero-order chi connectivity index (χ0) is 23.6. The van der Waals surface area contributed by atoms with E-state index < -0.39 is 23.6 Å². The van der Waals surface area contributed by atoms with Gasteiger partial charge in [0.2, 0.25) is 5.91 Å². The van der Waals surface area contributed by atoms with Crippen LogP contribution in [0.1, 0.15) is 37.9 Å². The van der Waals surface area contributed by atoms with E-state index in [1.54, 1.807) is 4.90 Å². The quantitative estimate of drug-likeness (QED) is 0.758. The Balaban J connectivity index is 1.45. The third-order valence-corrected chi connectivity index (χ3v) is 6.36. The van der Waals surface area contributed by atoms with Gasteiger partial charge in [-0.05, 0) is 31.9 Å². The lowest BCUT2D eigenvalue weighted by molar-refractivity contribution is -0.129. The van der Waals surface area contributed by atoms with Crippen molar-refractivity contribution in [1.29, 1.82) is 0 Å². The lowest BCUT2D eigenvalue weighted by Crippen LogP contribution is -2.69. The van der Waals surface area contributed by atoms with Gasteiger partial charge in [0.25, 0.3) is 0 Å². The summed E-state index contributed by atoms with van der Waals surface area (Å²) in [6.07, 6.45) is -0.392. The Morgan fingerprint density at radius 1 is 0.909 bits per heavy atom. The van der Waals surface area contributed by atoms with Crippen LogP contribution in [-0.2, 0) is 9.53 Å². The number of benzene rings is 2. The van der Waals surface area contributed by atoms with Crippen molar-refractivity contribution in [1.82, 2.24) is 14.7 Å². The van der Waals surface area contributed by atoms with Gasteiger partial charge in [-0.3, -0.25) is 14.6 Å². The molecule has 1 unspecified atom stereocenters. The molecule has 0 bridgehead atoms. The summed E-state index contributed by atoms with van der Waals surface area (Å²) in [5.41, 5.74) is 7.70. The fourth-order valence-corrected chi connectivity index (χ4v) is 4.77. The van der Waals surface area contributed by atoms with Crippen LogP contribution in [0.5, 0.6) is 0 Å². The highest BCUT2D eigenvalue weighted by Gasteiger charge is 2.44. The largest absolute Gasteiger partial charge is 0.444 e. The topological polar surface area (TPSA) is 79.1 Å². The van der Waals surface area contributed by atoms with Crippen LogP contribution in [0.3, 0.4) is 0 Å². The minimum atomic E-state index is -0.575. The highest BCUT2D eigenvalue weighted by Crippen LogP contribution is 2.34. The van der Waals surface area contributed by atoms with Crippen LogP contribution < -0.4 is 5.73 Å². The Bertz CT molecular complexity index is 915. The number of nitrogens with zero attached hydrogens (tertiary/aromatic N) is 3. The Hall–Kier alpha value is -2.90. The third-order valence-electron chi connectivity index (χ3n) is 6.36. The Kier molecular flexibility index (Phi) is 6.72. The van der Waals surface area contributed by atoms with Crippen molar-refractivity contribution in [3.63, 3.8) is 0 Å². The van der Waals surface area contributed by atoms with Crippen LogP contribution in [0.2, 0.25) is 0 Å².